The Morgan fingerprint density at radius 3 is 2.50 bits per heavy atom. The second-order valence-corrected chi connectivity index (χ2v) is 5.94. The molecule has 0 saturated carbocycles. The molecule has 1 N–H and O–H groups in total. The molecule has 2 aromatic carbocycles. The standard InChI is InChI=1S/C20H19N3O/c1-13(2)14-4-6-16(7-5-14)23-20-15(11-21)12-22-19-9-8-17(24-3)10-18(19)20/h4-10,12-13H,1-3H3,(H,22,23). The molecule has 0 amide bonds. The Kier molecular flexibility index (Phi) is 4.35. The van der Waals surface area contributed by atoms with Crippen LogP contribution in [-0.4, -0.2) is 12.1 Å². The summed E-state index contributed by atoms with van der Waals surface area (Å²) in [4.78, 5) is 4.35. The van der Waals surface area contributed by atoms with Gasteiger partial charge in [0.15, 0.2) is 0 Å². The number of nitriles is 1. The van der Waals surface area contributed by atoms with Crippen LogP contribution in [0.3, 0.4) is 0 Å². The third kappa shape index (κ3) is 3.02. The number of anilines is 2. The van der Waals surface area contributed by atoms with Crippen LogP contribution in [0, 0.1) is 11.3 Å². The number of ether oxygens (including phenoxy) is 1. The summed E-state index contributed by atoms with van der Waals surface area (Å²) in [5.41, 5.74) is 4.28. The fourth-order valence-electron chi connectivity index (χ4n) is 2.61. The highest BCUT2D eigenvalue weighted by Crippen LogP contribution is 2.31. The average molecular weight is 317 g/mol. The van der Waals surface area contributed by atoms with Gasteiger partial charge in [0.2, 0.25) is 0 Å². The predicted octanol–water partition coefficient (Wildman–Crippen LogP) is 4.98. The number of nitrogens with zero attached hydrogens (tertiary/aromatic N) is 2. The molecule has 0 atom stereocenters. The van der Waals surface area contributed by atoms with E-state index >= 15 is 0 Å². The Labute approximate surface area is 141 Å². The molecule has 4 heteroatoms. The van der Waals surface area contributed by atoms with Crippen molar-refractivity contribution in [1.82, 2.24) is 4.98 Å². The van der Waals surface area contributed by atoms with Crippen molar-refractivity contribution < 1.29 is 4.74 Å². The first-order valence-corrected chi connectivity index (χ1v) is 7.86. The number of hydrogen-bond donors (Lipinski definition) is 1. The predicted molar refractivity (Wildman–Crippen MR) is 96.8 cm³/mol. The van der Waals surface area contributed by atoms with Crippen LogP contribution in [0.15, 0.2) is 48.7 Å². The molecule has 3 rings (SSSR count). The molecule has 1 aromatic heterocycles. The third-order valence-corrected chi connectivity index (χ3v) is 4.04. The summed E-state index contributed by atoms with van der Waals surface area (Å²) >= 11 is 0. The van der Waals surface area contributed by atoms with Gasteiger partial charge in [0, 0.05) is 17.3 Å². The van der Waals surface area contributed by atoms with Gasteiger partial charge in [-0.15, -0.1) is 0 Å². The molecular weight excluding hydrogens is 298 g/mol. The first-order valence-electron chi connectivity index (χ1n) is 7.86. The van der Waals surface area contributed by atoms with E-state index in [1.165, 1.54) is 5.56 Å². The SMILES string of the molecule is COc1ccc2ncc(C#N)c(Nc3ccc(C(C)C)cc3)c2c1. The zero-order chi connectivity index (χ0) is 17.1. The van der Waals surface area contributed by atoms with Crippen molar-refractivity contribution in [1.29, 1.82) is 5.26 Å². The minimum absolute atomic E-state index is 0.486. The Hall–Kier alpha value is -3.06. The van der Waals surface area contributed by atoms with Crippen LogP contribution in [0.1, 0.15) is 30.9 Å². The topological polar surface area (TPSA) is 57.9 Å². The number of rotatable bonds is 4. The first kappa shape index (κ1) is 15.8. The lowest BCUT2D eigenvalue weighted by Gasteiger charge is -2.13. The molecule has 0 bridgehead atoms. The molecule has 4 nitrogen and oxygen atoms in total. The molecule has 0 radical (unpaired) electrons. The maximum atomic E-state index is 9.44. The van der Waals surface area contributed by atoms with Gasteiger partial charge in [0.1, 0.15) is 11.8 Å². The van der Waals surface area contributed by atoms with Crippen LogP contribution in [0.2, 0.25) is 0 Å². The summed E-state index contributed by atoms with van der Waals surface area (Å²) in [6.07, 6.45) is 1.60. The maximum Gasteiger partial charge on any atom is 0.119 e. The molecule has 0 saturated heterocycles. The van der Waals surface area contributed by atoms with E-state index in [1.807, 2.05) is 30.3 Å². The second-order valence-electron chi connectivity index (χ2n) is 5.94. The summed E-state index contributed by atoms with van der Waals surface area (Å²) in [6, 6.07) is 16.1. The van der Waals surface area contributed by atoms with Crippen LogP contribution in [0.25, 0.3) is 10.9 Å². The zero-order valence-corrected chi connectivity index (χ0v) is 14.0. The molecule has 1 heterocycles. The van der Waals surface area contributed by atoms with Crippen molar-refractivity contribution in [3.63, 3.8) is 0 Å². The number of pyridine rings is 1. The van der Waals surface area contributed by atoms with Gasteiger partial charge in [-0.05, 0) is 41.8 Å². The van der Waals surface area contributed by atoms with Crippen LogP contribution < -0.4 is 10.1 Å². The molecule has 0 unspecified atom stereocenters. The van der Waals surface area contributed by atoms with Crippen LogP contribution >= 0.6 is 0 Å². The van der Waals surface area contributed by atoms with Crippen molar-refractivity contribution in [3.05, 3.63) is 59.8 Å². The van der Waals surface area contributed by atoms with Gasteiger partial charge in [-0.2, -0.15) is 5.26 Å². The first-order chi connectivity index (χ1) is 11.6. The van der Waals surface area contributed by atoms with E-state index in [0.29, 0.717) is 11.5 Å². The molecule has 24 heavy (non-hydrogen) atoms. The normalized spacial score (nSPS) is 10.6. The fraction of sp³-hybridized carbons (Fsp3) is 0.200. The van der Waals surface area contributed by atoms with E-state index in [9.17, 15) is 5.26 Å². The summed E-state index contributed by atoms with van der Waals surface area (Å²) in [6.45, 7) is 4.33. The Morgan fingerprint density at radius 1 is 1.12 bits per heavy atom. The van der Waals surface area contributed by atoms with Crippen molar-refractivity contribution >= 4 is 22.3 Å². The van der Waals surface area contributed by atoms with E-state index in [-0.39, 0.29) is 0 Å². The quantitative estimate of drug-likeness (QED) is 0.737. The average Bonchev–Trinajstić information content (AvgIpc) is 2.62. The summed E-state index contributed by atoms with van der Waals surface area (Å²) in [5.74, 6) is 1.22. The lowest BCUT2D eigenvalue weighted by molar-refractivity contribution is 0.415. The molecule has 120 valence electrons. The van der Waals surface area contributed by atoms with Crippen LogP contribution in [-0.2, 0) is 0 Å². The minimum atomic E-state index is 0.486. The second kappa shape index (κ2) is 6.59. The van der Waals surface area contributed by atoms with Crippen molar-refractivity contribution in [2.75, 3.05) is 12.4 Å². The Balaban J connectivity index is 2.08. The zero-order valence-electron chi connectivity index (χ0n) is 14.0. The number of benzene rings is 2. The van der Waals surface area contributed by atoms with Crippen LogP contribution in [0.4, 0.5) is 11.4 Å². The smallest absolute Gasteiger partial charge is 0.119 e. The number of aromatic nitrogens is 1. The van der Waals surface area contributed by atoms with Crippen LogP contribution in [0.5, 0.6) is 5.75 Å². The van der Waals surface area contributed by atoms with E-state index in [1.54, 1.807) is 13.3 Å². The number of fused-ring (bicyclic) bond motifs is 1. The highest BCUT2D eigenvalue weighted by molar-refractivity contribution is 5.96. The maximum absolute atomic E-state index is 9.44. The number of hydrogen-bond acceptors (Lipinski definition) is 4. The van der Waals surface area contributed by atoms with Crippen molar-refractivity contribution in [3.8, 4) is 11.8 Å². The van der Waals surface area contributed by atoms with E-state index in [4.69, 9.17) is 4.74 Å². The largest absolute Gasteiger partial charge is 0.497 e. The number of nitrogens with one attached hydrogen (secondary N) is 1. The van der Waals surface area contributed by atoms with E-state index < -0.39 is 0 Å². The van der Waals surface area contributed by atoms with Gasteiger partial charge < -0.3 is 10.1 Å². The molecule has 0 spiro atoms. The minimum Gasteiger partial charge on any atom is -0.497 e. The van der Waals surface area contributed by atoms with Gasteiger partial charge in [-0.3, -0.25) is 4.98 Å². The molecule has 0 aliphatic heterocycles. The summed E-state index contributed by atoms with van der Waals surface area (Å²) < 4.78 is 5.30. The van der Waals surface area contributed by atoms with Crippen molar-refractivity contribution in [2.24, 2.45) is 0 Å². The van der Waals surface area contributed by atoms with Gasteiger partial charge in [-0.25, -0.2) is 0 Å². The highest BCUT2D eigenvalue weighted by atomic mass is 16.5. The highest BCUT2D eigenvalue weighted by Gasteiger charge is 2.10. The fourth-order valence-corrected chi connectivity index (χ4v) is 2.61. The lowest BCUT2D eigenvalue weighted by Crippen LogP contribution is -1.98. The molecule has 3 aromatic rings. The van der Waals surface area contributed by atoms with Gasteiger partial charge >= 0.3 is 0 Å². The molecule has 0 aliphatic carbocycles. The van der Waals surface area contributed by atoms with Gasteiger partial charge in [-0.1, -0.05) is 26.0 Å². The van der Waals surface area contributed by atoms with Gasteiger partial charge in [0.25, 0.3) is 0 Å². The molecular formula is C20H19N3O. The summed E-state index contributed by atoms with van der Waals surface area (Å²) in [5, 5.41) is 13.7. The number of methoxy groups -OCH3 is 1. The van der Waals surface area contributed by atoms with Gasteiger partial charge in [0.05, 0.1) is 23.9 Å². The van der Waals surface area contributed by atoms with E-state index in [2.05, 4.69) is 42.4 Å². The monoisotopic (exact) mass is 317 g/mol. The third-order valence-electron chi connectivity index (χ3n) is 4.04. The van der Waals surface area contributed by atoms with Crippen molar-refractivity contribution in [2.45, 2.75) is 19.8 Å². The molecule has 0 aliphatic rings. The molecule has 0 fully saturated rings. The lowest BCUT2D eigenvalue weighted by atomic mass is 10.0. The summed E-state index contributed by atoms with van der Waals surface area (Å²) in [7, 11) is 1.63. The Morgan fingerprint density at radius 2 is 1.88 bits per heavy atom. The van der Waals surface area contributed by atoms with E-state index in [0.717, 1.165) is 28.0 Å². The Bertz CT molecular complexity index is 909.